The minimum atomic E-state index is -0.297. The highest BCUT2D eigenvalue weighted by Gasteiger charge is 2.19. The Morgan fingerprint density at radius 3 is 2.52 bits per heavy atom. The van der Waals surface area contributed by atoms with Gasteiger partial charge in [-0.15, -0.1) is 0 Å². The van der Waals surface area contributed by atoms with Crippen LogP contribution in [0.25, 0.3) is 10.9 Å². The van der Waals surface area contributed by atoms with E-state index in [4.69, 9.17) is 21.1 Å². The molecule has 0 bridgehead atoms. The van der Waals surface area contributed by atoms with Crippen LogP contribution in [0.1, 0.15) is 5.56 Å². The van der Waals surface area contributed by atoms with Crippen LogP contribution in [-0.2, 0) is 6.54 Å². The third-order valence-electron chi connectivity index (χ3n) is 4.98. The van der Waals surface area contributed by atoms with Crippen LogP contribution >= 0.6 is 11.6 Å². The summed E-state index contributed by atoms with van der Waals surface area (Å²) in [6, 6.07) is 11.9. The van der Waals surface area contributed by atoms with Crippen molar-refractivity contribution in [2.45, 2.75) is 6.54 Å². The van der Waals surface area contributed by atoms with Crippen LogP contribution in [-0.4, -0.2) is 54.8 Å². The molecule has 1 aromatic heterocycles. The maximum Gasteiger partial charge on any atom is 0.322 e. The SMILES string of the molecule is CN(C)CCN(Cc1cc2cc3c(cc2[nH]c1=O)OCO3)C(=O)Nc1ccc(Cl)cc1. The molecule has 0 saturated carbocycles. The molecule has 0 spiro atoms. The first-order valence-corrected chi connectivity index (χ1v) is 10.2. The highest BCUT2D eigenvalue weighted by Crippen LogP contribution is 2.35. The predicted octanol–water partition coefficient (Wildman–Crippen LogP) is 3.51. The number of benzene rings is 2. The molecule has 0 saturated heterocycles. The van der Waals surface area contributed by atoms with Gasteiger partial charge in [-0.1, -0.05) is 11.6 Å². The molecule has 0 aliphatic carbocycles. The molecule has 4 rings (SSSR count). The summed E-state index contributed by atoms with van der Waals surface area (Å²) in [6.07, 6.45) is 0. The van der Waals surface area contributed by atoms with Crippen LogP contribution in [0.4, 0.5) is 10.5 Å². The third-order valence-corrected chi connectivity index (χ3v) is 5.23. The van der Waals surface area contributed by atoms with Gasteiger partial charge in [-0.05, 0) is 50.5 Å². The summed E-state index contributed by atoms with van der Waals surface area (Å²) < 4.78 is 10.8. The first kappa shape index (κ1) is 21.0. The fourth-order valence-corrected chi connectivity index (χ4v) is 3.40. The fraction of sp³-hybridized carbons (Fsp3) is 0.273. The minimum absolute atomic E-state index is 0.159. The van der Waals surface area contributed by atoms with E-state index in [1.165, 1.54) is 0 Å². The smallest absolute Gasteiger partial charge is 0.322 e. The molecule has 0 atom stereocenters. The lowest BCUT2D eigenvalue weighted by atomic mass is 10.1. The molecular weight excluding hydrogens is 420 g/mol. The van der Waals surface area contributed by atoms with E-state index < -0.39 is 0 Å². The monoisotopic (exact) mass is 442 g/mol. The van der Waals surface area contributed by atoms with Gasteiger partial charge < -0.3 is 29.6 Å². The molecule has 8 nitrogen and oxygen atoms in total. The molecule has 9 heteroatoms. The van der Waals surface area contributed by atoms with E-state index in [2.05, 4.69) is 10.3 Å². The Kier molecular flexibility index (Phi) is 6.01. The van der Waals surface area contributed by atoms with Gasteiger partial charge in [-0.2, -0.15) is 0 Å². The van der Waals surface area contributed by atoms with Crippen molar-refractivity contribution in [2.24, 2.45) is 0 Å². The number of carbonyl (C=O) groups is 1. The van der Waals surface area contributed by atoms with Crippen LogP contribution < -0.4 is 20.3 Å². The number of hydrogen-bond acceptors (Lipinski definition) is 5. The largest absolute Gasteiger partial charge is 0.454 e. The molecule has 1 aliphatic rings. The number of amides is 2. The minimum Gasteiger partial charge on any atom is -0.454 e. The van der Waals surface area contributed by atoms with Crippen molar-refractivity contribution in [3.8, 4) is 11.5 Å². The summed E-state index contributed by atoms with van der Waals surface area (Å²) in [7, 11) is 3.86. The van der Waals surface area contributed by atoms with Gasteiger partial charge in [-0.3, -0.25) is 4.79 Å². The van der Waals surface area contributed by atoms with Crippen molar-refractivity contribution in [3.63, 3.8) is 0 Å². The van der Waals surface area contributed by atoms with Gasteiger partial charge in [0.05, 0.1) is 12.1 Å². The molecular formula is C22H23ClN4O4. The van der Waals surface area contributed by atoms with E-state index in [0.29, 0.717) is 46.4 Å². The van der Waals surface area contributed by atoms with Crippen LogP contribution in [0, 0.1) is 0 Å². The Morgan fingerprint density at radius 1 is 1.10 bits per heavy atom. The quantitative estimate of drug-likeness (QED) is 0.610. The number of hydrogen-bond donors (Lipinski definition) is 2. The summed E-state index contributed by atoms with van der Waals surface area (Å²) in [5, 5.41) is 4.26. The normalized spacial score (nSPS) is 12.4. The van der Waals surface area contributed by atoms with E-state index in [9.17, 15) is 9.59 Å². The van der Waals surface area contributed by atoms with Gasteiger partial charge in [0.25, 0.3) is 5.56 Å². The number of ether oxygens (including phenoxy) is 2. The topological polar surface area (TPSA) is 86.9 Å². The van der Waals surface area contributed by atoms with Crippen molar-refractivity contribution in [1.82, 2.24) is 14.8 Å². The number of halogens is 1. The maximum atomic E-state index is 13.0. The van der Waals surface area contributed by atoms with Crippen LogP contribution in [0.3, 0.4) is 0 Å². The van der Waals surface area contributed by atoms with Gasteiger partial charge in [0.2, 0.25) is 6.79 Å². The number of urea groups is 1. The number of aromatic amines is 1. The zero-order valence-corrected chi connectivity index (χ0v) is 18.0. The lowest BCUT2D eigenvalue weighted by molar-refractivity contribution is 0.174. The molecule has 0 fully saturated rings. The summed E-state index contributed by atoms with van der Waals surface area (Å²) in [5.41, 5.74) is 1.52. The van der Waals surface area contributed by atoms with Crippen LogP contribution in [0.15, 0.2) is 47.3 Å². The van der Waals surface area contributed by atoms with Crippen molar-refractivity contribution in [2.75, 3.05) is 39.3 Å². The molecule has 2 heterocycles. The average molecular weight is 443 g/mol. The highest BCUT2D eigenvalue weighted by atomic mass is 35.5. The van der Waals surface area contributed by atoms with Crippen molar-refractivity contribution < 1.29 is 14.3 Å². The second-order valence-corrected chi connectivity index (χ2v) is 8.01. The number of fused-ring (bicyclic) bond motifs is 2. The molecule has 2 aromatic carbocycles. The second kappa shape index (κ2) is 8.87. The van der Waals surface area contributed by atoms with Gasteiger partial charge in [0, 0.05) is 40.8 Å². The summed E-state index contributed by atoms with van der Waals surface area (Å²) in [4.78, 5) is 32.1. The number of nitrogens with zero attached hydrogens (tertiary/aromatic N) is 2. The number of anilines is 1. The molecule has 2 N–H and O–H groups in total. The molecule has 162 valence electrons. The molecule has 31 heavy (non-hydrogen) atoms. The number of aromatic nitrogens is 1. The van der Waals surface area contributed by atoms with Crippen molar-refractivity contribution in [1.29, 1.82) is 0 Å². The third kappa shape index (κ3) is 4.92. The zero-order valence-electron chi connectivity index (χ0n) is 17.3. The molecule has 0 unspecified atom stereocenters. The number of rotatable bonds is 6. The molecule has 3 aromatic rings. The number of H-pyrrole nitrogens is 1. The highest BCUT2D eigenvalue weighted by molar-refractivity contribution is 6.30. The van der Waals surface area contributed by atoms with E-state index in [-0.39, 0.29) is 24.9 Å². The number of pyridine rings is 1. The lowest BCUT2D eigenvalue weighted by Crippen LogP contribution is -2.40. The van der Waals surface area contributed by atoms with Gasteiger partial charge >= 0.3 is 6.03 Å². The van der Waals surface area contributed by atoms with Gasteiger partial charge in [0.15, 0.2) is 11.5 Å². The first-order valence-electron chi connectivity index (χ1n) is 9.81. The van der Waals surface area contributed by atoms with E-state index in [0.717, 1.165) is 5.39 Å². The standard InChI is InChI=1S/C22H23ClN4O4/c1-26(2)7-8-27(22(29)24-17-5-3-16(23)4-6-17)12-15-9-14-10-19-20(31-13-30-19)11-18(14)25-21(15)28/h3-6,9-11H,7-8,12-13H2,1-2H3,(H,24,29)(H,25,28). The Morgan fingerprint density at radius 2 is 1.81 bits per heavy atom. The van der Waals surface area contributed by atoms with Crippen LogP contribution in [0.2, 0.25) is 5.02 Å². The summed E-state index contributed by atoms with van der Waals surface area (Å²) in [5.74, 6) is 1.24. The fourth-order valence-electron chi connectivity index (χ4n) is 3.27. The predicted molar refractivity (Wildman–Crippen MR) is 120 cm³/mol. The molecule has 0 radical (unpaired) electrons. The second-order valence-electron chi connectivity index (χ2n) is 7.58. The van der Waals surface area contributed by atoms with E-state index in [1.54, 1.807) is 41.3 Å². The van der Waals surface area contributed by atoms with E-state index >= 15 is 0 Å². The van der Waals surface area contributed by atoms with Crippen molar-refractivity contribution in [3.05, 3.63) is 63.4 Å². The molecule has 2 amide bonds. The summed E-state index contributed by atoms with van der Waals surface area (Å²) in [6.45, 7) is 1.42. The van der Waals surface area contributed by atoms with Crippen molar-refractivity contribution >= 4 is 34.2 Å². The Balaban J connectivity index is 1.59. The van der Waals surface area contributed by atoms with Gasteiger partial charge in [0.1, 0.15) is 0 Å². The Labute approximate surface area is 184 Å². The molecule has 1 aliphatic heterocycles. The zero-order chi connectivity index (χ0) is 22.0. The number of carbonyl (C=O) groups excluding carboxylic acids is 1. The Hall–Kier alpha value is -3.23. The van der Waals surface area contributed by atoms with E-state index in [1.807, 2.05) is 25.1 Å². The summed E-state index contributed by atoms with van der Waals surface area (Å²) >= 11 is 5.92. The average Bonchev–Trinajstić information content (AvgIpc) is 3.18. The maximum absolute atomic E-state index is 13.0. The first-order chi connectivity index (χ1) is 14.9. The Bertz CT molecular complexity index is 1160. The lowest BCUT2D eigenvalue weighted by Gasteiger charge is -2.24. The number of nitrogens with one attached hydrogen (secondary N) is 2. The number of likely N-dealkylation sites (N-methyl/N-ethyl adjacent to an activating group) is 1. The van der Waals surface area contributed by atoms with Crippen LogP contribution in [0.5, 0.6) is 11.5 Å². The van der Waals surface area contributed by atoms with Gasteiger partial charge in [-0.25, -0.2) is 4.79 Å².